The molecule has 2 aromatic heterocycles. The summed E-state index contributed by atoms with van der Waals surface area (Å²) in [5.41, 5.74) is 6.94. The number of pyridine rings is 1. The minimum Gasteiger partial charge on any atom is -0.371 e. The maximum absolute atomic E-state index is 12.1. The van der Waals surface area contributed by atoms with Crippen molar-refractivity contribution in [1.29, 1.82) is 0 Å². The summed E-state index contributed by atoms with van der Waals surface area (Å²) in [6.07, 6.45) is 8.58. The van der Waals surface area contributed by atoms with Gasteiger partial charge in [0.1, 0.15) is 0 Å². The number of rotatable bonds is 4. The summed E-state index contributed by atoms with van der Waals surface area (Å²) in [5, 5.41) is 2.90. The highest BCUT2D eigenvalue weighted by Crippen LogP contribution is 2.34. The van der Waals surface area contributed by atoms with Gasteiger partial charge in [-0.3, -0.25) is 9.78 Å². The van der Waals surface area contributed by atoms with Crippen molar-refractivity contribution in [2.45, 2.75) is 25.0 Å². The number of piperidine rings is 1. The molecule has 3 aromatic rings. The van der Waals surface area contributed by atoms with Crippen molar-refractivity contribution in [2.75, 3.05) is 37.7 Å². The number of fused-ring (bicyclic) bond motifs is 1. The number of ether oxygens (including phenoxy) is 2. The summed E-state index contributed by atoms with van der Waals surface area (Å²) in [6, 6.07) is 14.4. The molecule has 3 aliphatic rings. The molecule has 1 aromatic carbocycles. The molecule has 7 heteroatoms. The largest absolute Gasteiger partial charge is 0.371 e. The minimum atomic E-state index is -0.372. The first-order valence-corrected chi connectivity index (χ1v) is 12.0. The molecular weight excluding hydrogens is 428 g/mol. The van der Waals surface area contributed by atoms with Gasteiger partial charge in [-0.15, -0.1) is 0 Å². The average molecular weight is 457 g/mol. The number of carbonyl (C=O) groups excluding carboxylic acids is 1. The van der Waals surface area contributed by atoms with Crippen LogP contribution in [0.2, 0.25) is 0 Å². The number of nitrogens with zero attached hydrogens (tertiary/aromatic N) is 2. The minimum absolute atomic E-state index is 0.00998. The van der Waals surface area contributed by atoms with Gasteiger partial charge in [0.05, 0.1) is 24.5 Å². The molecule has 0 saturated carbocycles. The summed E-state index contributed by atoms with van der Waals surface area (Å²) in [6.45, 7) is 3.88. The first-order valence-electron chi connectivity index (χ1n) is 12.0. The summed E-state index contributed by atoms with van der Waals surface area (Å²) >= 11 is 0. The number of para-hydroxylation sites is 1. The second-order valence-electron chi connectivity index (χ2n) is 9.04. The van der Waals surface area contributed by atoms with Crippen LogP contribution in [0.25, 0.3) is 23.4 Å². The molecule has 0 aliphatic carbocycles. The first-order chi connectivity index (χ1) is 16.7. The number of hydrogen-bond donors (Lipinski definition) is 2. The van der Waals surface area contributed by atoms with Gasteiger partial charge in [0.2, 0.25) is 0 Å². The molecule has 0 unspecified atom stereocenters. The van der Waals surface area contributed by atoms with E-state index in [0.717, 1.165) is 66.1 Å². The molecule has 0 radical (unpaired) electrons. The molecule has 2 saturated heterocycles. The smallest absolute Gasteiger partial charge is 0.253 e. The van der Waals surface area contributed by atoms with E-state index in [1.807, 2.05) is 30.5 Å². The number of aromatic nitrogens is 2. The third-order valence-corrected chi connectivity index (χ3v) is 6.95. The van der Waals surface area contributed by atoms with Crippen molar-refractivity contribution >= 4 is 23.7 Å². The van der Waals surface area contributed by atoms with Crippen molar-refractivity contribution in [3.05, 3.63) is 71.2 Å². The van der Waals surface area contributed by atoms with Gasteiger partial charge in [-0.2, -0.15) is 0 Å². The number of hydrogen-bond acceptors (Lipinski definition) is 5. The maximum atomic E-state index is 12.1. The van der Waals surface area contributed by atoms with Crippen LogP contribution in [0.15, 0.2) is 48.7 Å². The van der Waals surface area contributed by atoms with Gasteiger partial charge in [0.25, 0.3) is 5.91 Å². The molecule has 5 heterocycles. The second-order valence-corrected chi connectivity index (χ2v) is 9.04. The Kier molecular flexibility index (Phi) is 5.43. The van der Waals surface area contributed by atoms with Crippen LogP contribution < -0.4 is 10.2 Å². The van der Waals surface area contributed by atoms with E-state index >= 15 is 0 Å². The predicted octanol–water partition coefficient (Wildman–Crippen LogP) is 3.88. The Balaban J connectivity index is 1.21. The molecule has 1 amide bonds. The van der Waals surface area contributed by atoms with E-state index in [1.54, 1.807) is 0 Å². The second kappa shape index (κ2) is 8.74. The van der Waals surface area contributed by atoms with E-state index in [0.29, 0.717) is 19.8 Å². The van der Waals surface area contributed by atoms with Gasteiger partial charge in [-0.1, -0.05) is 24.3 Å². The maximum Gasteiger partial charge on any atom is 0.253 e. The molecule has 0 atom stereocenters. The van der Waals surface area contributed by atoms with E-state index in [2.05, 4.69) is 50.5 Å². The van der Waals surface area contributed by atoms with Crippen molar-refractivity contribution in [1.82, 2.24) is 15.3 Å². The highest BCUT2D eigenvalue weighted by atomic mass is 16.7. The fourth-order valence-electron chi connectivity index (χ4n) is 5.12. The highest BCUT2D eigenvalue weighted by Gasteiger charge is 2.40. The Hall–Kier alpha value is -3.42. The summed E-state index contributed by atoms with van der Waals surface area (Å²) in [4.78, 5) is 22.5. The topological polar surface area (TPSA) is 79.5 Å². The summed E-state index contributed by atoms with van der Waals surface area (Å²) in [7, 11) is 0. The van der Waals surface area contributed by atoms with Crippen molar-refractivity contribution < 1.29 is 14.3 Å². The van der Waals surface area contributed by atoms with Gasteiger partial charge in [0.15, 0.2) is 5.79 Å². The third kappa shape index (κ3) is 4.02. The lowest BCUT2D eigenvalue weighted by molar-refractivity contribution is -0.169. The molecular formula is C27H28N4O3. The number of amides is 1. The van der Waals surface area contributed by atoms with Crippen molar-refractivity contribution in [3.63, 3.8) is 0 Å². The Labute approximate surface area is 198 Å². The predicted molar refractivity (Wildman–Crippen MR) is 132 cm³/mol. The molecule has 6 rings (SSSR count). The zero-order valence-electron chi connectivity index (χ0n) is 19.0. The summed E-state index contributed by atoms with van der Waals surface area (Å²) in [5.74, 6) is -0.382. The van der Waals surface area contributed by atoms with Gasteiger partial charge < -0.3 is 24.7 Å². The Bertz CT molecular complexity index is 1230. The van der Waals surface area contributed by atoms with Crippen molar-refractivity contribution in [3.8, 4) is 11.3 Å². The van der Waals surface area contributed by atoms with Crippen LogP contribution in [0.4, 0.5) is 5.69 Å². The monoisotopic (exact) mass is 456 g/mol. The molecule has 174 valence electrons. The molecule has 1 spiro atoms. The van der Waals surface area contributed by atoms with Crippen LogP contribution in [0.1, 0.15) is 40.2 Å². The fourth-order valence-corrected chi connectivity index (χ4v) is 5.12. The standard InChI is InChI=1S/C27H28N4O3/c32-26-22-18-24(30-23(22)8-12-29-26)20-7-11-28-21(17-20)6-5-19-3-1-2-4-25(19)31-13-9-27(10-14-31)33-15-16-34-27/h1-7,11,17-18,30H,8-10,12-16H2,(H,29,32)/b6-5+. The van der Waals surface area contributed by atoms with Gasteiger partial charge in [0, 0.05) is 67.7 Å². The van der Waals surface area contributed by atoms with Crippen molar-refractivity contribution in [2.24, 2.45) is 0 Å². The Morgan fingerprint density at radius 3 is 2.68 bits per heavy atom. The summed E-state index contributed by atoms with van der Waals surface area (Å²) < 4.78 is 11.8. The van der Waals surface area contributed by atoms with E-state index in [-0.39, 0.29) is 11.7 Å². The molecule has 34 heavy (non-hydrogen) atoms. The molecule has 7 nitrogen and oxygen atoms in total. The van der Waals surface area contributed by atoms with Crippen LogP contribution in [0, 0.1) is 0 Å². The molecule has 0 bridgehead atoms. The number of anilines is 1. The van der Waals surface area contributed by atoms with Crippen LogP contribution in [-0.2, 0) is 15.9 Å². The van der Waals surface area contributed by atoms with E-state index in [1.165, 1.54) is 5.69 Å². The Morgan fingerprint density at radius 2 is 1.85 bits per heavy atom. The van der Waals surface area contributed by atoms with E-state index in [9.17, 15) is 4.79 Å². The van der Waals surface area contributed by atoms with E-state index in [4.69, 9.17) is 9.47 Å². The quantitative estimate of drug-likeness (QED) is 0.623. The van der Waals surface area contributed by atoms with Crippen LogP contribution >= 0.6 is 0 Å². The van der Waals surface area contributed by atoms with E-state index < -0.39 is 0 Å². The normalized spacial score (nSPS) is 19.5. The number of benzene rings is 1. The van der Waals surface area contributed by atoms with Gasteiger partial charge >= 0.3 is 0 Å². The van der Waals surface area contributed by atoms with Gasteiger partial charge in [-0.05, 0) is 35.9 Å². The molecule has 2 N–H and O–H groups in total. The van der Waals surface area contributed by atoms with Crippen LogP contribution in [-0.4, -0.2) is 54.5 Å². The molecule has 2 fully saturated rings. The van der Waals surface area contributed by atoms with Crippen LogP contribution in [0.3, 0.4) is 0 Å². The number of aromatic amines is 1. The number of H-pyrrole nitrogens is 1. The SMILES string of the molecule is O=C1NCCc2[nH]c(-c3ccnc(/C=C/c4ccccc4N4CCC5(CC4)OCCO5)c3)cc21. The third-order valence-electron chi connectivity index (χ3n) is 6.95. The number of nitrogens with one attached hydrogen (secondary N) is 2. The Morgan fingerprint density at radius 1 is 1.03 bits per heavy atom. The van der Waals surface area contributed by atoms with Gasteiger partial charge in [-0.25, -0.2) is 0 Å². The molecule has 3 aliphatic heterocycles. The lowest BCUT2D eigenvalue weighted by Gasteiger charge is -2.39. The number of carbonyl (C=O) groups is 1. The zero-order valence-corrected chi connectivity index (χ0v) is 19.0. The first kappa shape index (κ1) is 21.1. The highest BCUT2D eigenvalue weighted by molar-refractivity contribution is 5.97. The fraction of sp³-hybridized carbons (Fsp3) is 0.333. The van der Waals surface area contributed by atoms with Crippen LogP contribution in [0.5, 0.6) is 0 Å². The average Bonchev–Trinajstić information content (AvgIpc) is 3.52. The lowest BCUT2D eigenvalue weighted by Crippen LogP contribution is -2.45. The zero-order chi connectivity index (χ0) is 23.0. The lowest BCUT2D eigenvalue weighted by atomic mass is 10.0.